The number of para-hydroxylation sites is 1. The van der Waals surface area contributed by atoms with Crippen LogP contribution >= 0.6 is 0 Å². The van der Waals surface area contributed by atoms with E-state index >= 15 is 0 Å². The zero-order chi connectivity index (χ0) is 26.1. The molecule has 3 aromatic carbocycles. The Morgan fingerprint density at radius 2 is 1.84 bits per heavy atom. The summed E-state index contributed by atoms with van der Waals surface area (Å²) in [5.74, 6) is 1.29. The number of ether oxygens (including phenoxy) is 4. The Labute approximate surface area is 219 Å². The number of carbonyl (C=O) groups excluding carboxylic acids is 2. The molecule has 1 aromatic heterocycles. The van der Waals surface area contributed by atoms with Crippen molar-refractivity contribution in [2.75, 3.05) is 7.11 Å². The number of pyridine rings is 1. The average Bonchev–Trinajstić information content (AvgIpc) is 3.27. The maximum atomic E-state index is 13.3. The van der Waals surface area contributed by atoms with Crippen LogP contribution in [0.4, 0.5) is 0 Å². The molecule has 0 saturated carbocycles. The molecule has 6 rings (SSSR count). The average molecular weight is 506 g/mol. The zero-order valence-electron chi connectivity index (χ0n) is 20.5. The molecule has 0 bridgehead atoms. The number of rotatable bonds is 6. The van der Waals surface area contributed by atoms with E-state index in [0.717, 1.165) is 16.8 Å². The first-order chi connectivity index (χ1) is 18.6. The molecule has 0 aliphatic carbocycles. The van der Waals surface area contributed by atoms with Gasteiger partial charge in [-0.15, -0.1) is 0 Å². The highest BCUT2D eigenvalue weighted by Gasteiger charge is 2.38. The Hall–Kier alpha value is -4.91. The van der Waals surface area contributed by atoms with Crippen LogP contribution in [0, 0.1) is 0 Å². The lowest BCUT2D eigenvalue weighted by Gasteiger charge is -2.26. The molecule has 0 spiro atoms. The highest BCUT2D eigenvalue weighted by Crippen LogP contribution is 2.49. The summed E-state index contributed by atoms with van der Waals surface area (Å²) < 4.78 is 23.1. The molecule has 0 saturated heterocycles. The Kier molecular flexibility index (Phi) is 6.09. The van der Waals surface area contributed by atoms with Crippen molar-refractivity contribution in [2.24, 2.45) is 0 Å². The molecule has 188 valence electrons. The minimum absolute atomic E-state index is 0.107. The summed E-state index contributed by atoms with van der Waals surface area (Å²) in [4.78, 5) is 30.1. The molecule has 4 aromatic rings. The molecule has 2 aliphatic rings. The predicted octanol–water partition coefficient (Wildman–Crippen LogP) is 5.73. The lowest BCUT2D eigenvalue weighted by molar-refractivity contribution is -0.135. The summed E-state index contributed by atoms with van der Waals surface area (Å²) in [6.07, 6.45) is 3.50. The van der Waals surface area contributed by atoms with Crippen molar-refractivity contribution < 1.29 is 28.5 Å². The van der Waals surface area contributed by atoms with Gasteiger partial charge in [0.2, 0.25) is 5.78 Å². The van der Waals surface area contributed by atoms with Crippen molar-refractivity contribution in [1.82, 2.24) is 4.98 Å². The molecule has 7 heteroatoms. The smallest absolute Gasteiger partial charge is 0.312 e. The highest BCUT2D eigenvalue weighted by molar-refractivity contribution is 6.15. The van der Waals surface area contributed by atoms with E-state index in [-0.39, 0.29) is 29.9 Å². The molecule has 2 aliphatic heterocycles. The van der Waals surface area contributed by atoms with E-state index in [1.54, 1.807) is 31.5 Å². The van der Waals surface area contributed by atoms with Crippen molar-refractivity contribution >= 4 is 17.8 Å². The van der Waals surface area contributed by atoms with Gasteiger partial charge >= 0.3 is 5.97 Å². The van der Waals surface area contributed by atoms with Gasteiger partial charge in [-0.2, -0.15) is 0 Å². The van der Waals surface area contributed by atoms with E-state index in [2.05, 4.69) is 4.98 Å². The molecule has 0 radical (unpaired) electrons. The number of allylic oxidation sites excluding steroid dienone is 1. The third-order valence-corrected chi connectivity index (χ3v) is 6.58. The number of benzene rings is 3. The zero-order valence-corrected chi connectivity index (χ0v) is 20.5. The topological polar surface area (TPSA) is 83.9 Å². The number of hydrogen-bond donors (Lipinski definition) is 0. The number of esters is 1. The molecule has 3 heterocycles. The van der Waals surface area contributed by atoms with Crippen LogP contribution < -0.4 is 18.9 Å². The second kappa shape index (κ2) is 9.86. The lowest BCUT2D eigenvalue weighted by Crippen LogP contribution is -2.21. The van der Waals surface area contributed by atoms with Crippen LogP contribution in [0.15, 0.2) is 90.8 Å². The van der Waals surface area contributed by atoms with Crippen LogP contribution in [0.2, 0.25) is 0 Å². The van der Waals surface area contributed by atoms with Gasteiger partial charge in [0, 0.05) is 23.2 Å². The summed E-state index contributed by atoms with van der Waals surface area (Å²) in [5.41, 5.74) is 3.48. The van der Waals surface area contributed by atoms with Gasteiger partial charge < -0.3 is 18.9 Å². The van der Waals surface area contributed by atoms with Crippen molar-refractivity contribution in [1.29, 1.82) is 0 Å². The fourth-order valence-electron chi connectivity index (χ4n) is 4.78. The van der Waals surface area contributed by atoms with E-state index < -0.39 is 0 Å². The van der Waals surface area contributed by atoms with Crippen LogP contribution in [-0.2, 0) is 11.4 Å². The van der Waals surface area contributed by atoms with E-state index in [1.807, 2.05) is 66.7 Å². The van der Waals surface area contributed by atoms with Gasteiger partial charge in [0.1, 0.15) is 29.6 Å². The number of fused-ring (bicyclic) bond motifs is 3. The predicted molar refractivity (Wildman–Crippen MR) is 139 cm³/mol. The molecule has 0 unspecified atom stereocenters. The van der Waals surface area contributed by atoms with Crippen LogP contribution in [0.3, 0.4) is 0 Å². The summed E-state index contributed by atoms with van der Waals surface area (Å²) >= 11 is 0. The van der Waals surface area contributed by atoms with Gasteiger partial charge in [-0.3, -0.25) is 14.6 Å². The standard InChI is InChI=1S/C31H23NO6/c1-35-25-11-3-2-7-20(25)16-27-30(34)23-12-13-26-29(31(23)38-27)24(17-28(33)37-26)19-8-6-10-22(15-19)36-18-21-9-4-5-14-32-21/h2-16,24H,17-18H2,1H3/b27-16-/t24-/m0/s1. The molecular weight excluding hydrogens is 482 g/mol. The third-order valence-electron chi connectivity index (χ3n) is 6.58. The SMILES string of the molecule is COc1ccccc1/C=C1\Oc2c(ccc3c2[C@H](c2cccc(OCc4ccccn4)c2)CC(=O)O3)C1=O. The monoisotopic (exact) mass is 505 g/mol. The number of nitrogens with zero attached hydrogens (tertiary/aromatic N) is 1. The summed E-state index contributed by atoms with van der Waals surface area (Å²) in [6.45, 7) is 0.317. The van der Waals surface area contributed by atoms with E-state index in [0.29, 0.717) is 40.7 Å². The molecule has 38 heavy (non-hydrogen) atoms. The first-order valence-corrected chi connectivity index (χ1v) is 12.2. The molecule has 0 amide bonds. The van der Waals surface area contributed by atoms with Crippen LogP contribution in [0.1, 0.15) is 45.1 Å². The number of Topliss-reactive ketones (excluding diaryl/α,β-unsaturated/α-hetero) is 1. The normalized spacial score (nSPS) is 16.9. The summed E-state index contributed by atoms with van der Waals surface area (Å²) in [7, 11) is 1.58. The van der Waals surface area contributed by atoms with Crippen molar-refractivity contribution in [3.63, 3.8) is 0 Å². The number of ketones is 1. The van der Waals surface area contributed by atoms with E-state index in [4.69, 9.17) is 18.9 Å². The number of methoxy groups -OCH3 is 1. The lowest BCUT2D eigenvalue weighted by atomic mass is 9.84. The first-order valence-electron chi connectivity index (χ1n) is 12.2. The maximum Gasteiger partial charge on any atom is 0.312 e. The molecule has 1 atom stereocenters. The fraction of sp³-hybridized carbons (Fsp3) is 0.129. The van der Waals surface area contributed by atoms with Crippen LogP contribution in [-0.4, -0.2) is 23.8 Å². The van der Waals surface area contributed by atoms with E-state index in [9.17, 15) is 9.59 Å². The second-order valence-electron chi connectivity index (χ2n) is 8.95. The van der Waals surface area contributed by atoms with Crippen molar-refractivity contribution in [2.45, 2.75) is 18.9 Å². The largest absolute Gasteiger partial charge is 0.496 e. The fourth-order valence-corrected chi connectivity index (χ4v) is 4.78. The second-order valence-corrected chi connectivity index (χ2v) is 8.95. The molecular formula is C31H23NO6. The molecule has 0 fully saturated rings. The number of hydrogen-bond acceptors (Lipinski definition) is 7. The van der Waals surface area contributed by atoms with Crippen molar-refractivity contribution in [3.05, 3.63) is 119 Å². The highest BCUT2D eigenvalue weighted by atomic mass is 16.5. The summed E-state index contributed by atoms with van der Waals surface area (Å²) in [5, 5.41) is 0. The van der Waals surface area contributed by atoms with Gasteiger partial charge in [-0.25, -0.2) is 0 Å². The van der Waals surface area contributed by atoms with Crippen LogP contribution in [0.25, 0.3) is 6.08 Å². The molecule has 7 nitrogen and oxygen atoms in total. The van der Waals surface area contributed by atoms with Gasteiger partial charge in [-0.05, 0) is 54.1 Å². The van der Waals surface area contributed by atoms with Gasteiger partial charge in [0.15, 0.2) is 5.76 Å². The minimum Gasteiger partial charge on any atom is -0.496 e. The maximum absolute atomic E-state index is 13.3. The van der Waals surface area contributed by atoms with Crippen molar-refractivity contribution in [3.8, 4) is 23.0 Å². The Morgan fingerprint density at radius 3 is 2.68 bits per heavy atom. The van der Waals surface area contributed by atoms with Gasteiger partial charge in [-0.1, -0.05) is 36.4 Å². The minimum atomic E-state index is -0.377. The molecule has 0 N–H and O–H groups in total. The van der Waals surface area contributed by atoms with Gasteiger partial charge in [0.25, 0.3) is 0 Å². The Morgan fingerprint density at radius 1 is 0.974 bits per heavy atom. The Bertz CT molecular complexity index is 1580. The van der Waals surface area contributed by atoms with E-state index in [1.165, 1.54) is 0 Å². The Balaban J connectivity index is 1.36. The third kappa shape index (κ3) is 4.39. The first kappa shape index (κ1) is 23.5. The summed E-state index contributed by atoms with van der Waals surface area (Å²) in [6, 6.07) is 23.9. The quantitative estimate of drug-likeness (QED) is 0.188. The van der Waals surface area contributed by atoms with Gasteiger partial charge in [0.05, 0.1) is 24.8 Å². The van der Waals surface area contributed by atoms with Crippen LogP contribution in [0.5, 0.6) is 23.0 Å². The number of aromatic nitrogens is 1. The number of carbonyl (C=O) groups is 2.